The Morgan fingerprint density at radius 1 is 1.44 bits per heavy atom. The van der Waals surface area contributed by atoms with Gasteiger partial charge in [-0.2, -0.15) is 0 Å². The first-order valence-electron chi connectivity index (χ1n) is 6.41. The molecule has 3 unspecified atom stereocenters. The smallest absolute Gasteiger partial charge is 0.123 e. The van der Waals surface area contributed by atoms with Gasteiger partial charge in [-0.15, -0.1) is 0 Å². The second-order valence-electron chi connectivity index (χ2n) is 4.75. The zero-order valence-electron chi connectivity index (χ0n) is 10.6. The molecule has 1 aromatic rings. The van der Waals surface area contributed by atoms with Crippen LogP contribution in [0.3, 0.4) is 0 Å². The summed E-state index contributed by atoms with van der Waals surface area (Å²) < 4.78 is 24.0. The SMILES string of the molecule is CC(OCC1CCCO1)C(N)c1ccc(F)cc1. The highest BCUT2D eigenvalue weighted by molar-refractivity contribution is 5.20. The van der Waals surface area contributed by atoms with Crippen molar-refractivity contribution in [2.75, 3.05) is 13.2 Å². The predicted octanol–water partition coefficient (Wildman–Crippen LogP) is 2.41. The highest BCUT2D eigenvalue weighted by Gasteiger charge is 2.20. The van der Waals surface area contributed by atoms with Crippen LogP contribution in [0.15, 0.2) is 24.3 Å². The third-order valence-electron chi connectivity index (χ3n) is 3.33. The standard InChI is InChI=1S/C14H20FNO2/c1-10(18-9-13-3-2-8-17-13)14(16)11-4-6-12(15)7-5-11/h4-7,10,13-14H,2-3,8-9,16H2,1H3. The summed E-state index contributed by atoms with van der Waals surface area (Å²) in [4.78, 5) is 0. The minimum atomic E-state index is -0.251. The molecule has 1 aromatic carbocycles. The molecule has 100 valence electrons. The number of nitrogens with two attached hydrogens (primary N) is 1. The van der Waals surface area contributed by atoms with Gasteiger partial charge in [0.2, 0.25) is 0 Å². The molecule has 0 radical (unpaired) electrons. The predicted molar refractivity (Wildman–Crippen MR) is 67.7 cm³/mol. The summed E-state index contributed by atoms with van der Waals surface area (Å²) in [5, 5.41) is 0. The van der Waals surface area contributed by atoms with Crippen LogP contribution in [0.1, 0.15) is 31.4 Å². The van der Waals surface area contributed by atoms with Gasteiger partial charge in [0.25, 0.3) is 0 Å². The third kappa shape index (κ3) is 3.51. The lowest BCUT2D eigenvalue weighted by Gasteiger charge is -2.22. The summed E-state index contributed by atoms with van der Waals surface area (Å²) in [6, 6.07) is 5.99. The maximum Gasteiger partial charge on any atom is 0.123 e. The van der Waals surface area contributed by atoms with Crippen molar-refractivity contribution in [3.05, 3.63) is 35.6 Å². The van der Waals surface area contributed by atoms with Gasteiger partial charge in [-0.3, -0.25) is 0 Å². The molecule has 18 heavy (non-hydrogen) atoms. The van der Waals surface area contributed by atoms with Gasteiger partial charge in [0.15, 0.2) is 0 Å². The number of benzene rings is 1. The van der Waals surface area contributed by atoms with E-state index in [1.807, 2.05) is 6.92 Å². The zero-order valence-corrected chi connectivity index (χ0v) is 10.6. The number of halogens is 1. The van der Waals surface area contributed by atoms with Crippen LogP contribution in [0.2, 0.25) is 0 Å². The molecule has 4 heteroatoms. The largest absolute Gasteiger partial charge is 0.376 e. The van der Waals surface area contributed by atoms with E-state index in [0.29, 0.717) is 6.61 Å². The van der Waals surface area contributed by atoms with Crippen molar-refractivity contribution < 1.29 is 13.9 Å². The molecule has 1 saturated heterocycles. The van der Waals surface area contributed by atoms with E-state index in [9.17, 15) is 4.39 Å². The van der Waals surface area contributed by atoms with Crippen LogP contribution < -0.4 is 5.73 Å². The van der Waals surface area contributed by atoms with Gasteiger partial charge in [0, 0.05) is 6.61 Å². The van der Waals surface area contributed by atoms with E-state index in [2.05, 4.69) is 0 Å². The first kappa shape index (κ1) is 13.5. The van der Waals surface area contributed by atoms with E-state index < -0.39 is 0 Å². The second kappa shape index (κ2) is 6.27. The average molecular weight is 253 g/mol. The van der Waals surface area contributed by atoms with Crippen molar-refractivity contribution >= 4 is 0 Å². The lowest BCUT2D eigenvalue weighted by Crippen LogP contribution is -2.29. The van der Waals surface area contributed by atoms with Crippen molar-refractivity contribution in [3.8, 4) is 0 Å². The van der Waals surface area contributed by atoms with Gasteiger partial charge >= 0.3 is 0 Å². The Morgan fingerprint density at radius 3 is 2.78 bits per heavy atom. The van der Waals surface area contributed by atoms with E-state index in [1.54, 1.807) is 12.1 Å². The number of rotatable bonds is 5. The molecule has 1 aliphatic heterocycles. The highest BCUT2D eigenvalue weighted by Crippen LogP contribution is 2.19. The number of hydrogen-bond donors (Lipinski definition) is 1. The minimum absolute atomic E-state index is 0.111. The molecular weight excluding hydrogens is 233 g/mol. The summed E-state index contributed by atoms with van der Waals surface area (Å²) >= 11 is 0. The van der Waals surface area contributed by atoms with Crippen LogP contribution in [-0.4, -0.2) is 25.4 Å². The van der Waals surface area contributed by atoms with E-state index in [0.717, 1.165) is 25.0 Å². The average Bonchev–Trinajstić information content (AvgIpc) is 2.89. The molecule has 3 nitrogen and oxygen atoms in total. The van der Waals surface area contributed by atoms with Crippen LogP contribution in [0.5, 0.6) is 0 Å². The Morgan fingerprint density at radius 2 is 2.17 bits per heavy atom. The van der Waals surface area contributed by atoms with Crippen molar-refractivity contribution in [3.63, 3.8) is 0 Å². The summed E-state index contributed by atoms with van der Waals surface area (Å²) in [6.45, 7) is 3.34. The minimum Gasteiger partial charge on any atom is -0.376 e. The molecule has 0 spiro atoms. The van der Waals surface area contributed by atoms with Crippen LogP contribution in [-0.2, 0) is 9.47 Å². The molecular formula is C14H20FNO2. The Hall–Kier alpha value is -0.970. The first-order valence-corrected chi connectivity index (χ1v) is 6.41. The first-order chi connectivity index (χ1) is 8.66. The van der Waals surface area contributed by atoms with Crippen LogP contribution in [0, 0.1) is 5.82 Å². The topological polar surface area (TPSA) is 44.5 Å². The van der Waals surface area contributed by atoms with E-state index in [4.69, 9.17) is 15.2 Å². The Kier molecular flexibility index (Phi) is 4.69. The molecule has 3 atom stereocenters. The summed E-state index contributed by atoms with van der Waals surface area (Å²) in [7, 11) is 0. The van der Waals surface area contributed by atoms with E-state index in [1.165, 1.54) is 12.1 Å². The fourth-order valence-corrected chi connectivity index (χ4v) is 2.09. The quantitative estimate of drug-likeness (QED) is 0.876. The van der Waals surface area contributed by atoms with Crippen LogP contribution >= 0.6 is 0 Å². The van der Waals surface area contributed by atoms with E-state index >= 15 is 0 Å². The normalized spacial score (nSPS) is 22.9. The molecule has 0 aliphatic carbocycles. The van der Waals surface area contributed by atoms with Crippen molar-refractivity contribution in [2.45, 2.75) is 38.0 Å². The zero-order chi connectivity index (χ0) is 13.0. The van der Waals surface area contributed by atoms with Gasteiger partial charge < -0.3 is 15.2 Å². The molecule has 2 N–H and O–H groups in total. The fraction of sp³-hybridized carbons (Fsp3) is 0.571. The molecule has 1 fully saturated rings. The molecule has 0 amide bonds. The maximum absolute atomic E-state index is 12.8. The number of hydrogen-bond acceptors (Lipinski definition) is 3. The molecule has 0 bridgehead atoms. The third-order valence-corrected chi connectivity index (χ3v) is 3.33. The summed E-state index contributed by atoms with van der Waals surface area (Å²) in [5.41, 5.74) is 6.97. The van der Waals surface area contributed by atoms with Gasteiger partial charge in [-0.1, -0.05) is 12.1 Å². The van der Waals surface area contributed by atoms with Gasteiger partial charge in [-0.05, 0) is 37.5 Å². The Balaban J connectivity index is 1.83. The van der Waals surface area contributed by atoms with Crippen molar-refractivity contribution in [1.29, 1.82) is 0 Å². The van der Waals surface area contributed by atoms with Crippen LogP contribution in [0.25, 0.3) is 0 Å². The molecule has 0 aromatic heterocycles. The monoisotopic (exact) mass is 253 g/mol. The number of ether oxygens (including phenoxy) is 2. The summed E-state index contributed by atoms with van der Waals surface area (Å²) in [6.07, 6.45) is 2.25. The van der Waals surface area contributed by atoms with Crippen LogP contribution in [0.4, 0.5) is 4.39 Å². The Labute approximate surface area is 107 Å². The van der Waals surface area contributed by atoms with Gasteiger partial charge in [0.1, 0.15) is 5.82 Å². The van der Waals surface area contributed by atoms with Gasteiger partial charge in [0.05, 0.1) is 24.9 Å². The maximum atomic E-state index is 12.8. The second-order valence-corrected chi connectivity index (χ2v) is 4.75. The fourth-order valence-electron chi connectivity index (χ4n) is 2.09. The lowest BCUT2D eigenvalue weighted by atomic mass is 10.0. The van der Waals surface area contributed by atoms with Crippen molar-refractivity contribution in [1.82, 2.24) is 0 Å². The molecule has 1 aliphatic rings. The molecule has 0 saturated carbocycles. The van der Waals surface area contributed by atoms with E-state index in [-0.39, 0.29) is 24.1 Å². The highest BCUT2D eigenvalue weighted by atomic mass is 19.1. The van der Waals surface area contributed by atoms with Gasteiger partial charge in [-0.25, -0.2) is 4.39 Å². The lowest BCUT2D eigenvalue weighted by molar-refractivity contribution is -0.0224. The van der Waals surface area contributed by atoms with Crippen molar-refractivity contribution in [2.24, 2.45) is 5.73 Å². The molecule has 1 heterocycles. The molecule has 2 rings (SSSR count). The Bertz CT molecular complexity index is 363. The summed E-state index contributed by atoms with van der Waals surface area (Å²) in [5.74, 6) is -0.251.